The smallest absolute Gasteiger partial charge is 0.242 e. The van der Waals surface area contributed by atoms with Gasteiger partial charge in [0.1, 0.15) is 0 Å². The predicted octanol–water partition coefficient (Wildman–Crippen LogP) is 5.68. The molecular formula is C36H43BN2. The number of hydrogen-bond donors (Lipinski definition) is 0. The summed E-state index contributed by atoms with van der Waals surface area (Å²) < 4.78 is 0. The van der Waals surface area contributed by atoms with Gasteiger partial charge in [0.2, 0.25) is 6.71 Å². The minimum absolute atomic E-state index is 0.225. The molecule has 5 rings (SSSR count). The van der Waals surface area contributed by atoms with Crippen molar-refractivity contribution in [2.75, 3.05) is 31.1 Å². The normalized spacial score (nSPS) is 14.1. The zero-order chi connectivity index (χ0) is 27.7. The molecule has 0 atom stereocenters. The maximum Gasteiger partial charge on any atom is 0.242 e. The summed E-state index contributed by atoms with van der Waals surface area (Å²) in [5, 5.41) is 0. The second kappa shape index (κ2) is 11.4. The first-order chi connectivity index (χ1) is 18.7. The highest BCUT2D eigenvalue weighted by molar-refractivity contribution is 6.96. The maximum atomic E-state index is 2.58. The average Bonchev–Trinajstić information content (AvgIpc) is 2.88. The van der Waals surface area contributed by atoms with E-state index in [1.165, 1.54) is 66.6 Å². The SMILES string of the molecule is Cc1cc(C)c(B(c2ccc(N3CCN(Cc4ccccc4)CC3)cc2C)c2c(C)cc(C)cc2C)c(C)c1. The fourth-order valence-electron chi connectivity index (χ4n) is 6.93. The lowest BCUT2D eigenvalue weighted by Gasteiger charge is -2.36. The van der Waals surface area contributed by atoms with E-state index in [0.717, 1.165) is 32.7 Å². The molecule has 0 bridgehead atoms. The van der Waals surface area contributed by atoms with E-state index < -0.39 is 0 Å². The second-order valence-electron chi connectivity index (χ2n) is 11.8. The first-order valence-corrected chi connectivity index (χ1v) is 14.5. The van der Waals surface area contributed by atoms with Crippen LogP contribution in [0, 0.1) is 48.5 Å². The largest absolute Gasteiger partial charge is 0.369 e. The van der Waals surface area contributed by atoms with Crippen LogP contribution in [-0.4, -0.2) is 37.8 Å². The highest BCUT2D eigenvalue weighted by Gasteiger charge is 2.30. The number of nitrogens with zero attached hydrogens (tertiary/aromatic N) is 2. The van der Waals surface area contributed by atoms with E-state index in [4.69, 9.17) is 0 Å². The van der Waals surface area contributed by atoms with E-state index in [2.05, 4.69) is 131 Å². The Bertz CT molecular complexity index is 1360. The van der Waals surface area contributed by atoms with Gasteiger partial charge in [-0.2, -0.15) is 0 Å². The Morgan fingerprint density at radius 2 is 1.08 bits per heavy atom. The highest BCUT2D eigenvalue weighted by Crippen LogP contribution is 2.20. The summed E-state index contributed by atoms with van der Waals surface area (Å²) in [7, 11) is 0. The van der Waals surface area contributed by atoms with E-state index in [-0.39, 0.29) is 6.71 Å². The van der Waals surface area contributed by atoms with Gasteiger partial charge in [0, 0.05) is 38.4 Å². The molecule has 1 aliphatic rings. The summed E-state index contributed by atoms with van der Waals surface area (Å²) in [6.07, 6.45) is 0. The van der Waals surface area contributed by atoms with Crippen LogP contribution in [0.15, 0.2) is 72.8 Å². The van der Waals surface area contributed by atoms with Gasteiger partial charge in [-0.1, -0.05) is 116 Å². The number of rotatable bonds is 6. The fraction of sp³-hybridized carbons (Fsp3) is 0.333. The van der Waals surface area contributed by atoms with Crippen LogP contribution in [0.5, 0.6) is 0 Å². The minimum atomic E-state index is 0.225. The Morgan fingerprint density at radius 1 is 0.564 bits per heavy atom. The van der Waals surface area contributed by atoms with Crippen molar-refractivity contribution in [3.8, 4) is 0 Å². The molecule has 200 valence electrons. The quantitative estimate of drug-likeness (QED) is 0.306. The molecule has 4 aromatic rings. The molecule has 0 aromatic heterocycles. The van der Waals surface area contributed by atoms with Gasteiger partial charge in [-0.25, -0.2) is 0 Å². The Kier molecular flexibility index (Phi) is 8.00. The monoisotopic (exact) mass is 514 g/mol. The zero-order valence-corrected chi connectivity index (χ0v) is 24.9. The maximum absolute atomic E-state index is 2.58. The van der Waals surface area contributed by atoms with Crippen LogP contribution in [0.1, 0.15) is 44.5 Å². The van der Waals surface area contributed by atoms with Crippen LogP contribution < -0.4 is 21.3 Å². The van der Waals surface area contributed by atoms with E-state index in [9.17, 15) is 0 Å². The van der Waals surface area contributed by atoms with Crippen molar-refractivity contribution in [1.82, 2.24) is 4.90 Å². The molecule has 2 nitrogen and oxygen atoms in total. The Labute approximate surface area is 236 Å². The molecule has 1 fully saturated rings. The van der Waals surface area contributed by atoms with Gasteiger partial charge in [-0.05, 0) is 66.2 Å². The number of hydrogen-bond acceptors (Lipinski definition) is 2. The molecular weight excluding hydrogens is 471 g/mol. The topological polar surface area (TPSA) is 6.48 Å². The van der Waals surface area contributed by atoms with Crippen molar-refractivity contribution < 1.29 is 0 Å². The molecule has 39 heavy (non-hydrogen) atoms. The van der Waals surface area contributed by atoms with Gasteiger partial charge in [0.25, 0.3) is 0 Å². The minimum Gasteiger partial charge on any atom is -0.369 e. The average molecular weight is 515 g/mol. The molecule has 0 radical (unpaired) electrons. The van der Waals surface area contributed by atoms with Crippen molar-refractivity contribution in [1.29, 1.82) is 0 Å². The van der Waals surface area contributed by atoms with Gasteiger partial charge in [0.15, 0.2) is 0 Å². The molecule has 0 aliphatic carbocycles. The molecule has 3 heteroatoms. The summed E-state index contributed by atoms with van der Waals surface area (Å²) in [5.74, 6) is 0. The van der Waals surface area contributed by atoms with Crippen molar-refractivity contribution in [3.63, 3.8) is 0 Å². The van der Waals surface area contributed by atoms with E-state index in [1.807, 2.05) is 0 Å². The van der Waals surface area contributed by atoms with Gasteiger partial charge >= 0.3 is 0 Å². The Morgan fingerprint density at radius 3 is 1.56 bits per heavy atom. The third kappa shape index (κ3) is 5.84. The molecule has 0 amide bonds. The third-order valence-corrected chi connectivity index (χ3v) is 8.60. The van der Waals surface area contributed by atoms with E-state index >= 15 is 0 Å². The van der Waals surface area contributed by atoms with Crippen molar-refractivity contribution in [2.24, 2.45) is 0 Å². The van der Waals surface area contributed by atoms with Crippen molar-refractivity contribution in [2.45, 2.75) is 55.0 Å². The van der Waals surface area contributed by atoms with Crippen LogP contribution >= 0.6 is 0 Å². The molecule has 0 unspecified atom stereocenters. The summed E-state index contributed by atoms with van der Waals surface area (Å²) in [6, 6.07) is 27.5. The van der Waals surface area contributed by atoms with Crippen LogP contribution in [0.4, 0.5) is 5.69 Å². The molecule has 0 N–H and O–H groups in total. The van der Waals surface area contributed by atoms with Gasteiger partial charge < -0.3 is 4.90 Å². The van der Waals surface area contributed by atoms with Crippen molar-refractivity contribution >= 4 is 28.8 Å². The molecule has 1 saturated heterocycles. The lowest BCUT2D eigenvalue weighted by atomic mass is 9.33. The van der Waals surface area contributed by atoms with E-state index in [1.54, 1.807) is 0 Å². The lowest BCUT2D eigenvalue weighted by molar-refractivity contribution is 0.250. The van der Waals surface area contributed by atoms with Crippen LogP contribution in [0.25, 0.3) is 0 Å². The van der Waals surface area contributed by atoms with Gasteiger partial charge in [-0.3, -0.25) is 4.90 Å². The number of piperazine rings is 1. The summed E-state index contributed by atoms with van der Waals surface area (Å²) >= 11 is 0. The molecule has 1 aliphatic heterocycles. The molecule has 4 aromatic carbocycles. The number of benzene rings is 4. The Hall–Kier alpha value is -3.30. The van der Waals surface area contributed by atoms with Crippen LogP contribution in [0.3, 0.4) is 0 Å². The van der Waals surface area contributed by atoms with Gasteiger partial charge in [-0.15, -0.1) is 0 Å². The molecule has 0 spiro atoms. The van der Waals surface area contributed by atoms with Crippen molar-refractivity contribution in [3.05, 3.63) is 117 Å². The lowest BCUT2D eigenvalue weighted by Crippen LogP contribution is -2.56. The van der Waals surface area contributed by atoms with Gasteiger partial charge in [0.05, 0.1) is 0 Å². The molecule has 1 heterocycles. The summed E-state index contributed by atoms with van der Waals surface area (Å²) in [5.41, 5.74) is 16.7. The van der Waals surface area contributed by atoms with E-state index in [0.29, 0.717) is 0 Å². The Balaban J connectivity index is 1.47. The number of aryl methyl sites for hydroxylation is 7. The third-order valence-electron chi connectivity index (χ3n) is 8.60. The zero-order valence-electron chi connectivity index (χ0n) is 24.9. The van der Waals surface area contributed by atoms with Crippen LogP contribution in [-0.2, 0) is 6.54 Å². The first kappa shape index (κ1) is 27.3. The number of anilines is 1. The summed E-state index contributed by atoms with van der Waals surface area (Å²) in [4.78, 5) is 5.15. The second-order valence-corrected chi connectivity index (χ2v) is 11.8. The first-order valence-electron chi connectivity index (χ1n) is 14.5. The standard InChI is InChI=1S/C36H43BN2/c1-25-19-28(4)35(29(5)20-25)37(36-30(6)21-26(2)22-31(36)7)34-14-13-33(23-27(34)3)39-17-15-38(16-18-39)24-32-11-9-8-10-12-32/h8-14,19-23H,15-18,24H2,1-7H3. The predicted molar refractivity (Wildman–Crippen MR) is 171 cm³/mol. The summed E-state index contributed by atoms with van der Waals surface area (Å²) in [6.45, 7) is 21.5. The van der Waals surface area contributed by atoms with Crippen LogP contribution in [0.2, 0.25) is 0 Å². The fourth-order valence-corrected chi connectivity index (χ4v) is 6.93. The highest BCUT2D eigenvalue weighted by atomic mass is 15.3. The molecule has 0 saturated carbocycles.